The van der Waals surface area contributed by atoms with E-state index in [1.165, 1.54) is 48.3 Å². The second kappa shape index (κ2) is 26.9. The highest BCUT2D eigenvalue weighted by Crippen LogP contribution is 2.36. The number of β-amino-alcohol motifs (C(OH)–C–C–N with tert-alkyl or cyclic N) is 1. The Balaban J connectivity index is 0.758. The lowest BCUT2D eigenvalue weighted by atomic mass is 9.85. The van der Waals surface area contributed by atoms with Crippen molar-refractivity contribution in [2.75, 3.05) is 55.4 Å². The molecular formula is C65H78N12O8S2. The Morgan fingerprint density at radius 1 is 0.897 bits per heavy atom. The van der Waals surface area contributed by atoms with E-state index in [1.54, 1.807) is 35.0 Å². The molecule has 0 bridgehead atoms. The standard InChI is InChI=1S/C65H78N12O8S2/c1-39-58(86-38-67-39)43-22-20-41(21-23-43)33-66-61(82)52-32-46(78)36-76(52)62(83)59(65(3,4)5)71-55(79)18-13-19-56(80)74(7)29-28-73(6)45-30-44-26-27-75(37-50(44)48(31-45)60(81)72-64-69-51-16-11-12-17-53(51)87-64)54-25-24-47(57(70-54)63(84)85)49-34-68-77(40(49)2)35-42-14-9-8-10-15-42/h11-12,16-17,20-25,30-31,34,38,42,46,52,59,78H,8-10,13-15,18-19,26-29,32-33,35-37H2,1-7H3,(H,66,82)(H,71,79)(H,84,85)(H,69,72,81)/t46-,52+,59-/m1/s1. The number of hydrogen-bond donors (Lipinski definition) is 5. The number of anilines is 3. The van der Waals surface area contributed by atoms with Gasteiger partial charge in [0, 0.05) is 107 Å². The zero-order valence-electron chi connectivity index (χ0n) is 50.6. The van der Waals surface area contributed by atoms with Gasteiger partial charge in [0.15, 0.2) is 10.8 Å². The predicted molar refractivity (Wildman–Crippen MR) is 339 cm³/mol. The first kappa shape index (κ1) is 62.0. The minimum absolute atomic E-state index is 0.0177. The molecule has 5 amide bonds. The van der Waals surface area contributed by atoms with Crippen LogP contribution in [0.5, 0.6) is 0 Å². The molecule has 0 radical (unpaired) electrons. The summed E-state index contributed by atoms with van der Waals surface area (Å²) in [6.07, 6.45) is 7.78. The van der Waals surface area contributed by atoms with E-state index in [0.717, 1.165) is 66.5 Å². The minimum atomic E-state index is -1.14. The fraction of sp³-hybridized carbons (Fsp3) is 0.446. The Bertz CT molecular complexity index is 3640. The number of aromatic nitrogens is 5. The number of benzene rings is 3. The van der Waals surface area contributed by atoms with E-state index in [1.807, 2.05) is 123 Å². The molecule has 4 aromatic heterocycles. The van der Waals surface area contributed by atoms with E-state index < -0.39 is 47.3 Å². The molecule has 3 aliphatic rings. The monoisotopic (exact) mass is 1220 g/mol. The number of aryl methyl sites for hydroxylation is 1. The first-order valence-corrected chi connectivity index (χ1v) is 31.7. The third kappa shape index (κ3) is 14.5. The van der Waals surface area contributed by atoms with E-state index in [4.69, 9.17) is 10.1 Å². The smallest absolute Gasteiger partial charge is 0.355 e. The van der Waals surface area contributed by atoms with Crippen LogP contribution in [0.1, 0.15) is 127 Å². The third-order valence-electron chi connectivity index (χ3n) is 17.2. The van der Waals surface area contributed by atoms with Gasteiger partial charge >= 0.3 is 5.97 Å². The van der Waals surface area contributed by atoms with Crippen molar-refractivity contribution in [2.24, 2.45) is 11.3 Å². The molecule has 20 nitrogen and oxygen atoms in total. The summed E-state index contributed by atoms with van der Waals surface area (Å²) in [4.78, 5) is 104. The van der Waals surface area contributed by atoms with E-state index in [9.17, 15) is 39.0 Å². The number of likely N-dealkylation sites (tertiary alicyclic amines) is 1. The molecule has 7 aromatic rings. The summed E-state index contributed by atoms with van der Waals surface area (Å²) in [6.45, 7) is 12.0. The van der Waals surface area contributed by atoms with Crippen LogP contribution in [-0.4, -0.2) is 139 Å². The fourth-order valence-electron chi connectivity index (χ4n) is 12.0. The number of nitrogens with one attached hydrogen (secondary N) is 3. The molecule has 2 aliphatic heterocycles. The Morgan fingerprint density at radius 2 is 1.67 bits per heavy atom. The largest absolute Gasteiger partial charge is 0.476 e. The highest BCUT2D eigenvalue weighted by Gasteiger charge is 2.44. The number of carbonyl (C=O) groups excluding carboxylic acids is 5. The second-order valence-electron chi connectivity index (χ2n) is 24.5. The number of para-hydroxylation sites is 1. The van der Waals surface area contributed by atoms with Gasteiger partial charge in [-0.25, -0.2) is 19.7 Å². The molecule has 458 valence electrons. The summed E-state index contributed by atoms with van der Waals surface area (Å²) in [6, 6.07) is 21.2. The number of hydrogen-bond acceptors (Lipinski definition) is 15. The zero-order chi connectivity index (χ0) is 61.7. The third-order valence-corrected chi connectivity index (χ3v) is 19.1. The summed E-state index contributed by atoms with van der Waals surface area (Å²) in [5.41, 5.74) is 9.73. The van der Waals surface area contributed by atoms with Crippen molar-refractivity contribution in [3.05, 3.63) is 124 Å². The van der Waals surface area contributed by atoms with Crippen LogP contribution in [-0.2, 0) is 45.2 Å². The van der Waals surface area contributed by atoms with Gasteiger partial charge in [0.2, 0.25) is 23.6 Å². The van der Waals surface area contributed by atoms with Gasteiger partial charge in [-0.15, -0.1) is 11.3 Å². The number of carboxylic acids is 1. The highest BCUT2D eigenvalue weighted by molar-refractivity contribution is 7.22. The number of aliphatic hydroxyl groups is 1. The number of pyridine rings is 1. The molecule has 87 heavy (non-hydrogen) atoms. The Hall–Kier alpha value is -8.08. The van der Waals surface area contributed by atoms with Crippen LogP contribution in [0.15, 0.2) is 84.5 Å². The lowest BCUT2D eigenvalue weighted by Crippen LogP contribution is -2.57. The number of fused-ring (bicyclic) bond motifs is 2. The number of likely N-dealkylation sites (N-methyl/N-ethyl adjacent to an activating group) is 2. The predicted octanol–water partition coefficient (Wildman–Crippen LogP) is 9.26. The topological polar surface area (TPSA) is 248 Å². The van der Waals surface area contributed by atoms with Crippen LogP contribution in [0.25, 0.3) is 31.8 Å². The van der Waals surface area contributed by atoms with Gasteiger partial charge in [0.1, 0.15) is 17.9 Å². The number of amides is 5. The SMILES string of the molecule is Cc1ncsc1-c1ccc(CNC(=O)[C@@H]2C[C@@H](O)CN2C(=O)[C@@H](NC(=O)CCCC(=O)N(C)CCN(C)c2cc3c(c(C(=O)Nc4nc5ccccc5s4)c2)CN(c2ccc(-c4cnn(CC5CCCCC5)c4C)c(C(=O)O)n2)CC3)C(C)(C)C)cc1. The number of rotatable bonds is 21. The summed E-state index contributed by atoms with van der Waals surface area (Å²) >= 11 is 2.94. The van der Waals surface area contributed by atoms with Crippen LogP contribution in [0.4, 0.5) is 16.6 Å². The van der Waals surface area contributed by atoms with Crippen molar-refractivity contribution in [3.8, 4) is 21.6 Å². The number of thiazole rings is 2. The number of aliphatic hydroxyl groups excluding tert-OH is 1. The lowest BCUT2D eigenvalue weighted by molar-refractivity contribution is -0.144. The Labute approximate surface area is 515 Å². The molecule has 2 fully saturated rings. The maximum Gasteiger partial charge on any atom is 0.355 e. The number of aromatic carboxylic acids is 1. The number of carbonyl (C=O) groups is 6. The average molecular weight is 1220 g/mol. The quantitative estimate of drug-likeness (QED) is 0.0450. The molecule has 3 atom stereocenters. The Kier molecular flexibility index (Phi) is 19.2. The minimum Gasteiger partial charge on any atom is -0.476 e. The molecule has 22 heteroatoms. The summed E-state index contributed by atoms with van der Waals surface area (Å²) in [5.74, 6) is -1.88. The van der Waals surface area contributed by atoms with Crippen molar-refractivity contribution in [1.29, 1.82) is 0 Å². The van der Waals surface area contributed by atoms with Gasteiger partial charge < -0.3 is 40.4 Å². The maximum atomic E-state index is 14.5. The van der Waals surface area contributed by atoms with Gasteiger partial charge in [-0.2, -0.15) is 5.10 Å². The number of carboxylic acid groups (broad SMARTS) is 1. The van der Waals surface area contributed by atoms with Crippen molar-refractivity contribution in [2.45, 2.75) is 137 Å². The molecule has 0 unspecified atom stereocenters. The van der Waals surface area contributed by atoms with Gasteiger partial charge in [-0.3, -0.25) is 34.0 Å². The zero-order valence-corrected chi connectivity index (χ0v) is 52.2. The van der Waals surface area contributed by atoms with Gasteiger partial charge in [0.05, 0.1) is 38.6 Å². The molecular weight excluding hydrogens is 1140 g/mol. The molecule has 10 rings (SSSR count). The molecule has 0 spiro atoms. The molecule has 6 heterocycles. The fourth-order valence-corrected chi connectivity index (χ4v) is 13.7. The summed E-state index contributed by atoms with van der Waals surface area (Å²) < 4.78 is 2.93. The van der Waals surface area contributed by atoms with Crippen molar-refractivity contribution < 1.29 is 39.0 Å². The van der Waals surface area contributed by atoms with Crippen LogP contribution >= 0.6 is 22.7 Å². The number of nitrogens with zero attached hydrogens (tertiary/aromatic N) is 9. The van der Waals surface area contributed by atoms with Crippen molar-refractivity contribution in [1.82, 2.24) is 45.2 Å². The summed E-state index contributed by atoms with van der Waals surface area (Å²) in [7, 11) is 3.62. The first-order chi connectivity index (χ1) is 41.7. The molecule has 5 N–H and O–H groups in total. The molecule has 1 saturated heterocycles. The van der Waals surface area contributed by atoms with Gasteiger partial charge in [-0.05, 0) is 110 Å². The van der Waals surface area contributed by atoms with E-state index in [0.29, 0.717) is 60.6 Å². The first-order valence-electron chi connectivity index (χ1n) is 30.0. The van der Waals surface area contributed by atoms with Crippen LogP contribution in [0.2, 0.25) is 0 Å². The van der Waals surface area contributed by atoms with Crippen molar-refractivity contribution >= 4 is 85.0 Å². The second-order valence-corrected chi connectivity index (χ2v) is 26.4. The molecule has 1 saturated carbocycles. The van der Waals surface area contributed by atoms with Crippen molar-refractivity contribution in [3.63, 3.8) is 0 Å². The lowest BCUT2D eigenvalue weighted by Gasteiger charge is -2.35. The normalized spacial score (nSPS) is 16.6. The maximum absolute atomic E-state index is 14.5. The average Bonchev–Trinajstić information content (AvgIpc) is 4.54. The molecule has 1 aliphatic carbocycles. The van der Waals surface area contributed by atoms with E-state index in [-0.39, 0.29) is 56.3 Å². The van der Waals surface area contributed by atoms with Crippen LogP contribution in [0, 0.1) is 25.2 Å². The van der Waals surface area contributed by atoms with E-state index >= 15 is 0 Å². The van der Waals surface area contributed by atoms with Gasteiger partial charge in [0.25, 0.3) is 5.91 Å². The van der Waals surface area contributed by atoms with Crippen LogP contribution in [0.3, 0.4) is 0 Å². The van der Waals surface area contributed by atoms with Crippen LogP contribution < -0.4 is 25.8 Å². The van der Waals surface area contributed by atoms with Gasteiger partial charge in [-0.1, -0.05) is 87.8 Å². The molecule has 3 aromatic carbocycles. The summed E-state index contributed by atoms with van der Waals surface area (Å²) in [5, 5.41) is 35.3. The Morgan fingerprint density at radius 3 is 2.39 bits per heavy atom. The van der Waals surface area contributed by atoms with E-state index in [2.05, 4.69) is 32.0 Å². The highest BCUT2D eigenvalue weighted by atomic mass is 32.1.